The standard InChI is InChI=1S/C14H14O.3C2H6/c1-12-7-9-14(10-8-12)15-11-13-5-3-2-4-6-13;3*1-2/h2-10H,11H2,1H3;3*1-2H3. The summed E-state index contributed by atoms with van der Waals surface area (Å²) in [5.74, 6) is 0.921. The minimum absolute atomic E-state index is 0.629. The highest BCUT2D eigenvalue weighted by atomic mass is 16.5. The fourth-order valence-corrected chi connectivity index (χ4v) is 1.38. The van der Waals surface area contributed by atoms with E-state index in [4.69, 9.17) is 4.74 Å². The van der Waals surface area contributed by atoms with Crippen molar-refractivity contribution >= 4 is 0 Å². The summed E-state index contributed by atoms with van der Waals surface area (Å²) in [5, 5.41) is 0. The number of hydrogen-bond acceptors (Lipinski definition) is 1. The lowest BCUT2D eigenvalue weighted by Crippen LogP contribution is -1.94. The molecule has 0 bridgehead atoms. The van der Waals surface area contributed by atoms with Crippen LogP contribution in [0.2, 0.25) is 0 Å². The lowest BCUT2D eigenvalue weighted by molar-refractivity contribution is 0.306. The number of hydrogen-bond donors (Lipinski definition) is 0. The first-order chi connectivity index (χ1) is 10.3. The van der Waals surface area contributed by atoms with Gasteiger partial charge in [-0.05, 0) is 24.6 Å². The average molecular weight is 288 g/mol. The molecule has 0 aliphatic heterocycles. The molecule has 0 N–H and O–H groups in total. The molecule has 1 nitrogen and oxygen atoms in total. The zero-order valence-electron chi connectivity index (χ0n) is 14.8. The zero-order valence-corrected chi connectivity index (χ0v) is 14.8. The van der Waals surface area contributed by atoms with E-state index in [2.05, 4.69) is 31.2 Å². The van der Waals surface area contributed by atoms with Gasteiger partial charge in [-0.2, -0.15) is 0 Å². The molecule has 0 saturated carbocycles. The topological polar surface area (TPSA) is 9.23 Å². The number of benzene rings is 2. The first kappa shape index (κ1) is 21.5. The van der Waals surface area contributed by atoms with E-state index in [-0.39, 0.29) is 0 Å². The summed E-state index contributed by atoms with van der Waals surface area (Å²) in [7, 11) is 0. The second-order valence-electron chi connectivity index (χ2n) is 3.59. The summed E-state index contributed by atoms with van der Waals surface area (Å²) in [6.07, 6.45) is 0. The fourth-order valence-electron chi connectivity index (χ4n) is 1.38. The van der Waals surface area contributed by atoms with Crippen LogP contribution in [0, 0.1) is 6.92 Å². The predicted molar refractivity (Wildman–Crippen MR) is 96.0 cm³/mol. The first-order valence-corrected chi connectivity index (χ1v) is 8.08. The van der Waals surface area contributed by atoms with Gasteiger partial charge in [0.25, 0.3) is 0 Å². The average Bonchev–Trinajstić information content (AvgIpc) is 2.61. The van der Waals surface area contributed by atoms with Gasteiger partial charge in [-0.3, -0.25) is 0 Å². The highest BCUT2D eigenvalue weighted by Gasteiger charge is 1.94. The largest absolute Gasteiger partial charge is 0.489 e. The van der Waals surface area contributed by atoms with Gasteiger partial charge in [-0.1, -0.05) is 89.6 Å². The second-order valence-corrected chi connectivity index (χ2v) is 3.59. The van der Waals surface area contributed by atoms with Crippen molar-refractivity contribution < 1.29 is 4.74 Å². The van der Waals surface area contributed by atoms with E-state index < -0.39 is 0 Å². The molecule has 0 atom stereocenters. The third-order valence-electron chi connectivity index (χ3n) is 2.27. The van der Waals surface area contributed by atoms with Crippen molar-refractivity contribution in [1.29, 1.82) is 0 Å². The van der Waals surface area contributed by atoms with Crippen LogP contribution >= 0.6 is 0 Å². The van der Waals surface area contributed by atoms with Crippen LogP contribution in [0.3, 0.4) is 0 Å². The Morgan fingerprint density at radius 2 is 1.14 bits per heavy atom. The van der Waals surface area contributed by atoms with Crippen molar-refractivity contribution in [3.05, 3.63) is 65.7 Å². The fraction of sp³-hybridized carbons (Fsp3) is 0.400. The molecule has 0 heterocycles. The normalized spacial score (nSPS) is 7.95. The van der Waals surface area contributed by atoms with Crippen LogP contribution < -0.4 is 4.74 Å². The van der Waals surface area contributed by atoms with Gasteiger partial charge in [0, 0.05) is 0 Å². The third-order valence-corrected chi connectivity index (χ3v) is 2.27. The van der Waals surface area contributed by atoms with Crippen molar-refractivity contribution in [2.75, 3.05) is 0 Å². The van der Waals surface area contributed by atoms with E-state index >= 15 is 0 Å². The summed E-state index contributed by atoms with van der Waals surface area (Å²) in [4.78, 5) is 0. The van der Waals surface area contributed by atoms with E-state index in [1.807, 2.05) is 71.9 Å². The van der Waals surface area contributed by atoms with Crippen LogP contribution in [0.25, 0.3) is 0 Å². The van der Waals surface area contributed by atoms with Crippen LogP contribution in [0.15, 0.2) is 54.6 Å². The Labute approximate surface area is 132 Å². The molecule has 0 fully saturated rings. The van der Waals surface area contributed by atoms with E-state index in [0.29, 0.717) is 6.61 Å². The van der Waals surface area contributed by atoms with E-state index in [9.17, 15) is 0 Å². The van der Waals surface area contributed by atoms with Crippen LogP contribution in [-0.4, -0.2) is 0 Å². The maximum absolute atomic E-state index is 5.65. The summed E-state index contributed by atoms with van der Waals surface area (Å²) >= 11 is 0. The van der Waals surface area contributed by atoms with Crippen LogP contribution in [-0.2, 0) is 6.61 Å². The highest BCUT2D eigenvalue weighted by molar-refractivity contribution is 5.26. The Morgan fingerprint density at radius 1 is 0.667 bits per heavy atom. The summed E-state index contributed by atoms with van der Waals surface area (Å²) in [6.45, 7) is 14.7. The molecular formula is C20H32O. The van der Waals surface area contributed by atoms with E-state index in [1.165, 1.54) is 11.1 Å². The quantitative estimate of drug-likeness (QED) is 0.614. The Balaban J connectivity index is 0. The Hall–Kier alpha value is -1.76. The van der Waals surface area contributed by atoms with Crippen molar-refractivity contribution in [3.63, 3.8) is 0 Å². The van der Waals surface area contributed by atoms with Crippen LogP contribution in [0.1, 0.15) is 52.7 Å². The predicted octanol–water partition coefficient (Wildman–Crippen LogP) is 6.65. The van der Waals surface area contributed by atoms with Gasteiger partial charge < -0.3 is 4.74 Å². The van der Waals surface area contributed by atoms with Crippen LogP contribution in [0.4, 0.5) is 0 Å². The van der Waals surface area contributed by atoms with Gasteiger partial charge >= 0.3 is 0 Å². The van der Waals surface area contributed by atoms with Gasteiger partial charge in [0.15, 0.2) is 0 Å². The Bertz CT molecular complexity index is 404. The minimum atomic E-state index is 0.629. The molecule has 21 heavy (non-hydrogen) atoms. The second kappa shape index (κ2) is 16.3. The third kappa shape index (κ3) is 10.7. The van der Waals surface area contributed by atoms with Gasteiger partial charge in [-0.25, -0.2) is 0 Å². The van der Waals surface area contributed by atoms with Crippen molar-refractivity contribution in [2.24, 2.45) is 0 Å². The maximum Gasteiger partial charge on any atom is 0.119 e. The molecule has 0 aliphatic rings. The molecule has 0 aromatic heterocycles. The molecule has 0 aliphatic carbocycles. The van der Waals surface area contributed by atoms with E-state index in [1.54, 1.807) is 0 Å². The monoisotopic (exact) mass is 288 g/mol. The minimum Gasteiger partial charge on any atom is -0.489 e. The maximum atomic E-state index is 5.65. The lowest BCUT2D eigenvalue weighted by Gasteiger charge is -2.06. The number of rotatable bonds is 3. The molecule has 0 amide bonds. The zero-order chi connectivity index (χ0) is 16.5. The van der Waals surface area contributed by atoms with Crippen molar-refractivity contribution in [2.45, 2.75) is 55.1 Å². The molecule has 1 heteroatoms. The summed E-state index contributed by atoms with van der Waals surface area (Å²) in [5.41, 5.74) is 2.44. The number of ether oxygens (including phenoxy) is 1. The number of aryl methyl sites for hydroxylation is 1. The molecular weight excluding hydrogens is 256 g/mol. The molecule has 2 rings (SSSR count). The Morgan fingerprint density at radius 3 is 1.62 bits per heavy atom. The van der Waals surface area contributed by atoms with Crippen molar-refractivity contribution in [1.82, 2.24) is 0 Å². The highest BCUT2D eigenvalue weighted by Crippen LogP contribution is 2.13. The molecule has 2 aromatic rings. The van der Waals surface area contributed by atoms with Crippen molar-refractivity contribution in [3.8, 4) is 5.75 Å². The van der Waals surface area contributed by atoms with Gasteiger partial charge in [-0.15, -0.1) is 0 Å². The van der Waals surface area contributed by atoms with Gasteiger partial charge in [0.05, 0.1) is 0 Å². The van der Waals surface area contributed by atoms with Gasteiger partial charge in [0.1, 0.15) is 12.4 Å². The lowest BCUT2D eigenvalue weighted by atomic mass is 10.2. The molecule has 0 saturated heterocycles. The molecule has 0 radical (unpaired) electrons. The Kier molecular flexibility index (Phi) is 16.7. The summed E-state index contributed by atoms with van der Waals surface area (Å²) in [6, 6.07) is 18.3. The molecule has 118 valence electrons. The molecule has 0 unspecified atom stereocenters. The van der Waals surface area contributed by atoms with Crippen LogP contribution in [0.5, 0.6) is 5.75 Å². The molecule has 0 spiro atoms. The smallest absolute Gasteiger partial charge is 0.119 e. The molecule has 2 aromatic carbocycles. The first-order valence-electron chi connectivity index (χ1n) is 8.08. The summed E-state index contributed by atoms with van der Waals surface area (Å²) < 4.78 is 5.65. The SMILES string of the molecule is CC.CC.CC.Cc1ccc(OCc2ccccc2)cc1. The van der Waals surface area contributed by atoms with E-state index in [0.717, 1.165) is 5.75 Å². The van der Waals surface area contributed by atoms with Gasteiger partial charge in [0.2, 0.25) is 0 Å².